The minimum Gasteiger partial charge on any atom is -0.462 e. The molecule has 0 fully saturated rings. The van der Waals surface area contributed by atoms with E-state index >= 15 is 0 Å². The lowest BCUT2D eigenvalue weighted by molar-refractivity contribution is 0.0510. The number of pyridine rings is 1. The van der Waals surface area contributed by atoms with Gasteiger partial charge < -0.3 is 15.8 Å². The highest BCUT2D eigenvalue weighted by atomic mass is 32.1. The maximum Gasteiger partial charge on any atom is 0.338 e. The summed E-state index contributed by atoms with van der Waals surface area (Å²) < 4.78 is 5.47. The number of hydrogen-bond donors (Lipinski definition) is 2. The zero-order chi connectivity index (χ0) is 23.9. The molecule has 1 unspecified atom stereocenters. The van der Waals surface area contributed by atoms with Crippen molar-refractivity contribution in [1.29, 1.82) is 0 Å². The molecule has 0 aliphatic heterocycles. The molecule has 2 aromatic heterocycles. The second kappa shape index (κ2) is 10.9. The maximum absolute atomic E-state index is 12.8. The SMILES string of the molecule is CC(N)c1ccc(C(=O)Nc2ccncc2)cc1-c1cccc(C(=O)OCCc2cccs2)c1. The predicted molar refractivity (Wildman–Crippen MR) is 135 cm³/mol. The molecule has 7 heteroatoms. The molecule has 4 rings (SSSR count). The second-order valence-corrected chi connectivity index (χ2v) is 8.86. The van der Waals surface area contributed by atoms with Crippen molar-refractivity contribution in [2.75, 3.05) is 11.9 Å². The van der Waals surface area contributed by atoms with Crippen molar-refractivity contribution >= 4 is 28.9 Å². The number of rotatable bonds is 8. The molecule has 0 spiro atoms. The standard InChI is InChI=1S/C27H25N3O3S/c1-18(28)24-8-7-20(26(31)30-22-9-12-29-13-10-22)17-25(24)19-4-2-5-21(16-19)27(32)33-14-11-23-6-3-15-34-23/h2-10,12-13,15-18H,11,14,28H2,1H3,(H,29,30,31). The number of benzene rings is 2. The average molecular weight is 472 g/mol. The van der Waals surface area contributed by atoms with Gasteiger partial charge in [0.25, 0.3) is 5.91 Å². The Labute approximate surface area is 202 Å². The second-order valence-electron chi connectivity index (χ2n) is 7.83. The molecular formula is C27H25N3O3S. The number of nitrogens with zero attached hydrogens (tertiary/aromatic N) is 1. The lowest BCUT2D eigenvalue weighted by atomic mass is 9.92. The Hall–Kier alpha value is -3.81. The van der Waals surface area contributed by atoms with E-state index in [2.05, 4.69) is 10.3 Å². The van der Waals surface area contributed by atoms with Gasteiger partial charge in [0.1, 0.15) is 0 Å². The van der Waals surface area contributed by atoms with Crippen LogP contribution in [0.5, 0.6) is 0 Å². The van der Waals surface area contributed by atoms with Gasteiger partial charge in [0, 0.05) is 41.0 Å². The number of carbonyl (C=O) groups is 2. The van der Waals surface area contributed by atoms with E-state index in [1.807, 2.05) is 36.6 Å². The van der Waals surface area contributed by atoms with Crippen molar-refractivity contribution in [2.45, 2.75) is 19.4 Å². The summed E-state index contributed by atoms with van der Waals surface area (Å²) in [7, 11) is 0. The number of nitrogens with two attached hydrogens (primary N) is 1. The Morgan fingerprint density at radius 1 is 1.03 bits per heavy atom. The van der Waals surface area contributed by atoms with E-state index < -0.39 is 0 Å². The highest BCUT2D eigenvalue weighted by Gasteiger charge is 2.16. The van der Waals surface area contributed by atoms with Crippen molar-refractivity contribution in [3.8, 4) is 11.1 Å². The Kier molecular flexibility index (Phi) is 7.47. The quantitative estimate of drug-likeness (QED) is 0.332. The molecule has 0 bridgehead atoms. The lowest BCUT2D eigenvalue weighted by Gasteiger charge is -2.16. The minimum absolute atomic E-state index is 0.243. The maximum atomic E-state index is 12.8. The van der Waals surface area contributed by atoms with Crippen LogP contribution in [0.2, 0.25) is 0 Å². The van der Waals surface area contributed by atoms with Crippen LogP contribution < -0.4 is 11.1 Å². The van der Waals surface area contributed by atoms with Crippen LogP contribution in [0.15, 0.2) is 84.5 Å². The van der Waals surface area contributed by atoms with Gasteiger partial charge in [-0.3, -0.25) is 9.78 Å². The van der Waals surface area contributed by atoms with Gasteiger partial charge in [0.05, 0.1) is 12.2 Å². The molecule has 1 atom stereocenters. The van der Waals surface area contributed by atoms with Crippen LogP contribution in [0, 0.1) is 0 Å². The molecule has 2 heterocycles. The van der Waals surface area contributed by atoms with Gasteiger partial charge in [0.2, 0.25) is 0 Å². The fraction of sp³-hybridized carbons (Fsp3) is 0.148. The van der Waals surface area contributed by atoms with Gasteiger partial charge in [-0.25, -0.2) is 4.79 Å². The van der Waals surface area contributed by atoms with Crippen LogP contribution in [0.3, 0.4) is 0 Å². The van der Waals surface area contributed by atoms with E-state index in [9.17, 15) is 9.59 Å². The monoisotopic (exact) mass is 471 g/mol. The fourth-order valence-corrected chi connectivity index (χ4v) is 4.27. The number of thiophene rings is 1. The number of hydrogen-bond acceptors (Lipinski definition) is 6. The summed E-state index contributed by atoms with van der Waals surface area (Å²) in [6.07, 6.45) is 3.92. The van der Waals surface area contributed by atoms with Gasteiger partial charge in [-0.05, 0) is 71.5 Å². The number of nitrogens with one attached hydrogen (secondary N) is 1. The smallest absolute Gasteiger partial charge is 0.338 e. The molecule has 0 aliphatic rings. The molecule has 0 saturated heterocycles. The summed E-state index contributed by atoms with van der Waals surface area (Å²) in [5, 5.41) is 4.87. The molecule has 0 radical (unpaired) electrons. The third-order valence-corrected chi connectivity index (χ3v) is 6.25. The normalized spacial score (nSPS) is 11.6. The summed E-state index contributed by atoms with van der Waals surface area (Å²) >= 11 is 1.64. The lowest BCUT2D eigenvalue weighted by Crippen LogP contribution is -2.14. The van der Waals surface area contributed by atoms with Crippen LogP contribution in [-0.2, 0) is 11.2 Å². The third kappa shape index (κ3) is 5.75. The summed E-state index contributed by atoms with van der Waals surface area (Å²) in [5.74, 6) is -0.625. The molecule has 0 saturated carbocycles. The molecular weight excluding hydrogens is 446 g/mol. The molecule has 1 amide bonds. The summed E-state index contributed by atoms with van der Waals surface area (Å²) in [4.78, 5) is 30.6. The van der Waals surface area contributed by atoms with Crippen molar-refractivity contribution < 1.29 is 14.3 Å². The molecule has 6 nitrogen and oxygen atoms in total. The molecule has 0 aliphatic carbocycles. The number of esters is 1. The van der Waals surface area contributed by atoms with Crippen molar-refractivity contribution in [2.24, 2.45) is 5.73 Å². The topological polar surface area (TPSA) is 94.3 Å². The van der Waals surface area contributed by atoms with Gasteiger partial charge in [0.15, 0.2) is 0 Å². The first-order valence-corrected chi connectivity index (χ1v) is 11.8. The summed E-state index contributed by atoms with van der Waals surface area (Å²) in [6, 6.07) is 19.8. The van der Waals surface area contributed by atoms with Gasteiger partial charge in [-0.15, -0.1) is 11.3 Å². The van der Waals surface area contributed by atoms with Crippen molar-refractivity contribution in [3.05, 3.63) is 106 Å². The first kappa shape index (κ1) is 23.4. The molecule has 34 heavy (non-hydrogen) atoms. The first-order valence-electron chi connectivity index (χ1n) is 10.9. The molecule has 2 aromatic carbocycles. The van der Waals surface area contributed by atoms with E-state index in [1.165, 1.54) is 4.88 Å². The van der Waals surface area contributed by atoms with Crippen LogP contribution in [0.4, 0.5) is 5.69 Å². The highest BCUT2D eigenvalue weighted by Crippen LogP contribution is 2.30. The Morgan fingerprint density at radius 2 is 1.85 bits per heavy atom. The number of anilines is 1. The highest BCUT2D eigenvalue weighted by molar-refractivity contribution is 7.09. The van der Waals surface area contributed by atoms with Gasteiger partial charge >= 0.3 is 5.97 Å². The Morgan fingerprint density at radius 3 is 2.59 bits per heavy atom. The zero-order valence-electron chi connectivity index (χ0n) is 18.7. The van der Waals surface area contributed by atoms with Crippen LogP contribution in [0.1, 0.15) is 44.1 Å². The van der Waals surface area contributed by atoms with E-state index in [1.54, 1.807) is 66.2 Å². The van der Waals surface area contributed by atoms with Crippen LogP contribution in [0.25, 0.3) is 11.1 Å². The molecule has 3 N–H and O–H groups in total. The van der Waals surface area contributed by atoms with Gasteiger partial charge in [-0.2, -0.15) is 0 Å². The average Bonchev–Trinajstić information content (AvgIpc) is 3.38. The van der Waals surface area contributed by atoms with E-state index in [4.69, 9.17) is 10.5 Å². The van der Waals surface area contributed by atoms with Gasteiger partial charge in [-0.1, -0.05) is 24.3 Å². The van der Waals surface area contributed by atoms with E-state index in [0.717, 1.165) is 16.7 Å². The van der Waals surface area contributed by atoms with Crippen molar-refractivity contribution in [1.82, 2.24) is 4.98 Å². The summed E-state index contributed by atoms with van der Waals surface area (Å²) in [6.45, 7) is 2.21. The Bertz CT molecular complexity index is 1270. The van der Waals surface area contributed by atoms with E-state index in [0.29, 0.717) is 29.8 Å². The number of amides is 1. The van der Waals surface area contributed by atoms with Crippen LogP contribution in [-0.4, -0.2) is 23.5 Å². The fourth-order valence-electron chi connectivity index (χ4n) is 3.58. The van der Waals surface area contributed by atoms with Crippen LogP contribution >= 0.6 is 11.3 Å². The van der Waals surface area contributed by atoms with Crippen molar-refractivity contribution in [3.63, 3.8) is 0 Å². The minimum atomic E-state index is -0.382. The third-order valence-electron chi connectivity index (χ3n) is 5.32. The van der Waals surface area contributed by atoms with E-state index in [-0.39, 0.29) is 17.9 Å². The first-order chi connectivity index (χ1) is 16.5. The molecule has 4 aromatic rings. The largest absolute Gasteiger partial charge is 0.462 e. The Balaban J connectivity index is 1.56. The predicted octanol–water partition coefficient (Wildman–Crippen LogP) is 5.48. The number of aromatic nitrogens is 1. The number of ether oxygens (including phenoxy) is 1. The molecule has 172 valence electrons. The summed E-state index contributed by atoms with van der Waals surface area (Å²) in [5.41, 5.74) is 10.3. The number of carbonyl (C=O) groups excluding carboxylic acids is 2. The zero-order valence-corrected chi connectivity index (χ0v) is 19.5.